The van der Waals surface area contributed by atoms with Gasteiger partial charge < -0.3 is 23.8 Å². The Kier molecular flexibility index (Phi) is 4.48. The number of furan rings is 2. The summed E-state index contributed by atoms with van der Waals surface area (Å²) < 4.78 is 16.5. The van der Waals surface area contributed by atoms with Crippen molar-refractivity contribution in [1.82, 2.24) is 0 Å². The Hall–Kier alpha value is -4.46. The summed E-state index contributed by atoms with van der Waals surface area (Å²) in [5, 5.41) is 21.7. The minimum atomic E-state index is -1.10. The van der Waals surface area contributed by atoms with Crippen LogP contribution in [0.3, 0.4) is 0 Å². The van der Waals surface area contributed by atoms with Crippen LogP contribution in [0.1, 0.15) is 22.4 Å². The van der Waals surface area contributed by atoms with Gasteiger partial charge in [-0.3, -0.25) is 14.5 Å². The molecule has 2 aromatic carbocycles. The molecule has 5 rings (SSSR count). The number of para-hydroxylation sites is 3. The first-order chi connectivity index (χ1) is 15.5. The summed E-state index contributed by atoms with van der Waals surface area (Å²) in [7, 11) is 1.49. The molecule has 0 spiro atoms. The minimum Gasteiger partial charge on any atom is -0.506 e. The molecule has 1 unspecified atom stereocenters. The molecule has 0 saturated carbocycles. The highest BCUT2D eigenvalue weighted by atomic mass is 16.5. The second kappa shape index (κ2) is 7.35. The van der Waals surface area contributed by atoms with Gasteiger partial charge in [0.1, 0.15) is 17.6 Å². The Balaban J connectivity index is 1.66. The number of amides is 1. The summed E-state index contributed by atoms with van der Waals surface area (Å²) in [6.45, 7) is 0. The van der Waals surface area contributed by atoms with Gasteiger partial charge in [-0.1, -0.05) is 24.3 Å². The van der Waals surface area contributed by atoms with Crippen molar-refractivity contribution in [2.45, 2.75) is 6.04 Å². The Morgan fingerprint density at radius 3 is 2.59 bits per heavy atom. The van der Waals surface area contributed by atoms with Gasteiger partial charge in [-0.25, -0.2) is 0 Å². The van der Waals surface area contributed by atoms with Crippen LogP contribution in [0.5, 0.6) is 11.5 Å². The average Bonchev–Trinajstić information content (AvgIpc) is 3.53. The van der Waals surface area contributed by atoms with Crippen LogP contribution in [-0.4, -0.2) is 29.0 Å². The van der Waals surface area contributed by atoms with E-state index >= 15 is 0 Å². The van der Waals surface area contributed by atoms with Crippen LogP contribution in [-0.2, 0) is 4.79 Å². The topological polar surface area (TPSA) is 113 Å². The molecule has 0 fully saturated rings. The van der Waals surface area contributed by atoms with Crippen molar-refractivity contribution in [2.24, 2.45) is 0 Å². The van der Waals surface area contributed by atoms with Crippen molar-refractivity contribution in [2.75, 3.05) is 12.0 Å². The fourth-order valence-electron chi connectivity index (χ4n) is 3.91. The van der Waals surface area contributed by atoms with Gasteiger partial charge in [-0.05, 0) is 36.4 Å². The van der Waals surface area contributed by atoms with Gasteiger partial charge in [0.25, 0.3) is 5.91 Å². The predicted molar refractivity (Wildman–Crippen MR) is 114 cm³/mol. The number of nitrogens with zero attached hydrogens (tertiary/aromatic N) is 1. The molecule has 2 aromatic heterocycles. The first-order valence-electron chi connectivity index (χ1n) is 9.70. The smallest absolute Gasteiger partial charge is 0.294 e. The molecule has 8 heteroatoms. The van der Waals surface area contributed by atoms with E-state index in [4.69, 9.17) is 13.6 Å². The van der Waals surface area contributed by atoms with Crippen molar-refractivity contribution in [3.63, 3.8) is 0 Å². The summed E-state index contributed by atoms with van der Waals surface area (Å²) >= 11 is 0. The molecule has 1 aliphatic heterocycles. The monoisotopic (exact) mass is 431 g/mol. The highest BCUT2D eigenvalue weighted by molar-refractivity contribution is 6.21. The van der Waals surface area contributed by atoms with Crippen LogP contribution in [0, 0.1) is 0 Å². The molecule has 0 radical (unpaired) electrons. The number of benzene rings is 2. The lowest BCUT2D eigenvalue weighted by Gasteiger charge is -2.25. The number of rotatable bonds is 5. The van der Waals surface area contributed by atoms with Gasteiger partial charge in [0.15, 0.2) is 22.9 Å². The van der Waals surface area contributed by atoms with Crippen molar-refractivity contribution >= 4 is 28.3 Å². The van der Waals surface area contributed by atoms with Crippen LogP contribution in [0.15, 0.2) is 87.1 Å². The second-order valence-corrected chi connectivity index (χ2v) is 7.16. The fourth-order valence-corrected chi connectivity index (χ4v) is 3.91. The zero-order valence-corrected chi connectivity index (χ0v) is 16.8. The lowest BCUT2D eigenvalue weighted by Crippen LogP contribution is -2.30. The summed E-state index contributed by atoms with van der Waals surface area (Å²) in [4.78, 5) is 27.7. The molecule has 0 bridgehead atoms. The third-order valence-corrected chi connectivity index (χ3v) is 5.36. The van der Waals surface area contributed by atoms with E-state index in [0.717, 1.165) is 4.90 Å². The Bertz CT molecular complexity index is 1380. The first kappa shape index (κ1) is 19.5. The van der Waals surface area contributed by atoms with E-state index in [1.54, 1.807) is 42.5 Å². The normalized spacial score (nSPS) is 16.2. The number of phenolic OH excluding ortho intramolecular Hbond substituents is 1. The van der Waals surface area contributed by atoms with Crippen molar-refractivity contribution in [3.8, 4) is 11.5 Å². The highest BCUT2D eigenvalue weighted by Gasteiger charge is 2.47. The average molecular weight is 431 g/mol. The zero-order valence-electron chi connectivity index (χ0n) is 16.8. The Labute approximate surface area is 181 Å². The van der Waals surface area contributed by atoms with Crippen LogP contribution in [0.4, 0.5) is 5.69 Å². The SMILES string of the molecule is COc1cccc2cc(C(=O)C3=C(O)C(=O)N(c4ccccc4O)C3c3ccco3)oc12. The maximum atomic E-state index is 13.5. The molecule has 1 aliphatic rings. The number of aromatic hydroxyl groups is 1. The van der Waals surface area contributed by atoms with Gasteiger partial charge >= 0.3 is 0 Å². The fraction of sp³-hybridized carbons (Fsp3) is 0.0833. The van der Waals surface area contributed by atoms with Crippen LogP contribution in [0.25, 0.3) is 11.0 Å². The summed E-state index contributed by atoms with van der Waals surface area (Å²) in [6, 6.07) is 15.0. The lowest BCUT2D eigenvalue weighted by molar-refractivity contribution is -0.117. The maximum Gasteiger partial charge on any atom is 0.294 e. The van der Waals surface area contributed by atoms with Crippen LogP contribution < -0.4 is 9.64 Å². The molecule has 32 heavy (non-hydrogen) atoms. The summed E-state index contributed by atoms with van der Waals surface area (Å²) in [5.41, 5.74) is 0.278. The molecule has 2 N–H and O–H groups in total. The molecular weight excluding hydrogens is 414 g/mol. The van der Waals surface area contributed by atoms with E-state index in [1.165, 1.54) is 31.6 Å². The third-order valence-electron chi connectivity index (χ3n) is 5.36. The number of fused-ring (bicyclic) bond motifs is 1. The van der Waals surface area contributed by atoms with E-state index in [-0.39, 0.29) is 28.5 Å². The molecular formula is C24H17NO7. The van der Waals surface area contributed by atoms with Gasteiger partial charge in [0.2, 0.25) is 5.78 Å². The third kappa shape index (κ3) is 2.84. The number of hydrogen-bond donors (Lipinski definition) is 2. The van der Waals surface area contributed by atoms with E-state index in [9.17, 15) is 19.8 Å². The lowest BCUT2D eigenvalue weighted by atomic mass is 9.99. The number of carbonyl (C=O) groups excluding carboxylic acids is 2. The number of ether oxygens (including phenoxy) is 1. The quantitative estimate of drug-likeness (QED) is 0.447. The standard InChI is InChI=1S/C24H17NO7/c1-30-17-9-4-6-13-12-18(32-23(13)17)21(27)19-20(16-10-5-11-31-16)25(24(29)22(19)28)14-7-2-3-8-15(14)26/h2-12,20,26,28H,1H3. The molecule has 0 aliphatic carbocycles. The van der Waals surface area contributed by atoms with Crippen molar-refractivity contribution in [1.29, 1.82) is 0 Å². The molecule has 4 aromatic rings. The number of methoxy groups -OCH3 is 1. The molecule has 0 saturated heterocycles. The largest absolute Gasteiger partial charge is 0.506 e. The zero-order chi connectivity index (χ0) is 22.4. The number of phenols is 1. The van der Waals surface area contributed by atoms with Crippen molar-refractivity contribution < 1.29 is 33.4 Å². The molecule has 160 valence electrons. The number of hydrogen-bond acceptors (Lipinski definition) is 7. The van der Waals surface area contributed by atoms with Gasteiger partial charge in [0.05, 0.1) is 24.6 Å². The highest BCUT2D eigenvalue weighted by Crippen LogP contribution is 2.45. The molecule has 3 heterocycles. The number of ketones is 1. The molecule has 1 atom stereocenters. The second-order valence-electron chi connectivity index (χ2n) is 7.16. The number of Topliss-reactive ketones (excluding diaryl/α,β-unsaturated/α-hetero) is 1. The predicted octanol–water partition coefficient (Wildman–Crippen LogP) is 4.52. The van der Waals surface area contributed by atoms with Crippen molar-refractivity contribution in [3.05, 3.63) is 89.8 Å². The summed E-state index contributed by atoms with van der Waals surface area (Å²) in [6.07, 6.45) is 1.40. The van der Waals surface area contributed by atoms with Gasteiger partial charge in [-0.2, -0.15) is 0 Å². The Morgan fingerprint density at radius 1 is 1.06 bits per heavy atom. The summed E-state index contributed by atoms with van der Waals surface area (Å²) in [5.74, 6) is -1.85. The number of carbonyl (C=O) groups is 2. The number of aliphatic hydroxyl groups is 1. The van der Waals surface area contributed by atoms with E-state index in [1.807, 2.05) is 0 Å². The van der Waals surface area contributed by atoms with E-state index in [0.29, 0.717) is 16.7 Å². The minimum absolute atomic E-state index is 0.0745. The van der Waals surface area contributed by atoms with E-state index in [2.05, 4.69) is 0 Å². The van der Waals surface area contributed by atoms with Gasteiger partial charge in [-0.15, -0.1) is 0 Å². The van der Waals surface area contributed by atoms with E-state index < -0.39 is 23.5 Å². The molecule has 8 nitrogen and oxygen atoms in total. The van der Waals surface area contributed by atoms with Crippen LogP contribution >= 0.6 is 0 Å². The van der Waals surface area contributed by atoms with Gasteiger partial charge in [0, 0.05) is 5.39 Å². The number of aliphatic hydroxyl groups excluding tert-OH is 1. The van der Waals surface area contributed by atoms with Crippen LogP contribution in [0.2, 0.25) is 0 Å². The Morgan fingerprint density at radius 2 is 1.88 bits per heavy atom. The first-order valence-corrected chi connectivity index (χ1v) is 9.70. The number of anilines is 1. The maximum absolute atomic E-state index is 13.5. The molecule has 1 amide bonds.